The SMILES string of the molecule is CC(C)(C)Oc1cncc(OC2CC2)c1[N+](=O)[O-]. The van der Waals surface area contributed by atoms with E-state index in [1.165, 1.54) is 12.4 Å². The molecule has 1 heterocycles. The van der Waals surface area contributed by atoms with Crippen LogP contribution in [0.1, 0.15) is 33.6 Å². The Hall–Kier alpha value is -1.85. The summed E-state index contributed by atoms with van der Waals surface area (Å²) in [6.07, 6.45) is 4.66. The third-order valence-corrected chi connectivity index (χ3v) is 2.27. The number of hydrogen-bond donors (Lipinski definition) is 0. The van der Waals surface area contributed by atoms with Crippen molar-refractivity contribution < 1.29 is 14.4 Å². The summed E-state index contributed by atoms with van der Waals surface area (Å²) in [5, 5.41) is 11.1. The molecule has 0 aliphatic heterocycles. The molecule has 2 rings (SSSR count). The largest absolute Gasteiger partial charge is 0.482 e. The number of pyridine rings is 1. The van der Waals surface area contributed by atoms with Crippen molar-refractivity contribution in [2.45, 2.75) is 45.3 Å². The van der Waals surface area contributed by atoms with E-state index in [1.54, 1.807) is 0 Å². The van der Waals surface area contributed by atoms with Crippen molar-refractivity contribution in [2.24, 2.45) is 0 Å². The molecule has 1 fully saturated rings. The maximum Gasteiger partial charge on any atom is 0.355 e. The zero-order valence-corrected chi connectivity index (χ0v) is 10.7. The lowest BCUT2D eigenvalue weighted by atomic mass is 10.2. The molecule has 0 unspecified atom stereocenters. The molecule has 0 amide bonds. The number of nitro groups is 1. The maximum absolute atomic E-state index is 11.1. The average molecular weight is 252 g/mol. The van der Waals surface area contributed by atoms with E-state index in [4.69, 9.17) is 9.47 Å². The second-order valence-corrected chi connectivity index (χ2v) is 5.27. The standard InChI is InChI=1S/C12H16N2O4/c1-12(2,3)18-10-7-13-6-9(11(10)14(15)16)17-8-4-5-8/h6-8H,4-5H2,1-3H3. The predicted octanol–water partition coefficient (Wildman–Crippen LogP) is 2.71. The first kappa shape index (κ1) is 12.6. The minimum atomic E-state index is -0.523. The van der Waals surface area contributed by atoms with Crippen LogP contribution < -0.4 is 9.47 Å². The first-order valence-electron chi connectivity index (χ1n) is 5.85. The highest BCUT2D eigenvalue weighted by Gasteiger charge is 2.31. The molecule has 1 saturated carbocycles. The lowest BCUT2D eigenvalue weighted by Crippen LogP contribution is -2.23. The second kappa shape index (κ2) is 4.44. The Kier molecular flexibility index (Phi) is 3.11. The number of rotatable bonds is 4. The molecule has 1 aliphatic rings. The molecule has 0 bridgehead atoms. The van der Waals surface area contributed by atoms with Crippen molar-refractivity contribution in [3.8, 4) is 11.5 Å². The van der Waals surface area contributed by atoms with Crippen LogP contribution in [0, 0.1) is 10.1 Å². The van der Waals surface area contributed by atoms with Gasteiger partial charge in [-0.05, 0) is 33.6 Å². The molecule has 6 heteroatoms. The smallest absolute Gasteiger partial charge is 0.355 e. The van der Waals surface area contributed by atoms with Crippen LogP contribution in [0.3, 0.4) is 0 Å². The Bertz CT molecular complexity index is 464. The third-order valence-electron chi connectivity index (χ3n) is 2.27. The summed E-state index contributed by atoms with van der Waals surface area (Å²) in [4.78, 5) is 14.6. The number of nitrogens with zero attached hydrogens (tertiary/aromatic N) is 2. The molecule has 0 saturated heterocycles. The van der Waals surface area contributed by atoms with Crippen molar-refractivity contribution in [1.29, 1.82) is 0 Å². The molecule has 0 radical (unpaired) electrons. The first-order chi connectivity index (χ1) is 8.37. The van der Waals surface area contributed by atoms with Gasteiger partial charge in [0.25, 0.3) is 0 Å². The summed E-state index contributed by atoms with van der Waals surface area (Å²) in [6.45, 7) is 5.47. The Morgan fingerprint density at radius 3 is 2.44 bits per heavy atom. The van der Waals surface area contributed by atoms with Gasteiger partial charge < -0.3 is 9.47 Å². The van der Waals surface area contributed by atoms with Crippen molar-refractivity contribution in [1.82, 2.24) is 4.98 Å². The van der Waals surface area contributed by atoms with Crippen LogP contribution in [0.25, 0.3) is 0 Å². The van der Waals surface area contributed by atoms with Crippen molar-refractivity contribution in [2.75, 3.05) is 0 Å². The summed E-state index contributed by atoms with van der Waals surface area (Å²) in [5.74, 6) is 0.329. The fraction of sp³-hybridized carbons (Fsp3) is 0.583. The second-order valence-electron chi connectivity index (χ2n) is 5.27. The van der Waals surface area contributed by atoms with E-state index >= 15 is 0 Å². The van der Waals surface area contributed by atoms with Gasteiger partial charge in [0.2, 0.25) is 11.5 Å². The molecular weight excluding hydrogens is 236 g/mol. The molecule has 1 aromatic heterocycles. The zero-order valence-electron chi connectivity index (χ0n) is 10.7. The molecular formula is C12H16N2O4. The van der Waals surface area contributed by atoms with Crippen LogP contribution in [0.2, 0.25) is 0 Å². The normalized spacial score (nSPS) is 15.3. The minimum absolute atomic E-state index is 0.0791. The van der Waals surface area contributed by atoms with E-state index in [-0.39, 0.29) is 23.3 Å². The van der Waals surface area contributed by atoms with E-state index in [9.17, 15) is 10.1 Å². The third kappa shape index (κ3) is 3.09. The van der Waals surface area contributed by atoms with E-state index in [1.807, 2.05) is 20.8 Å². The Morgan fingerprint density at radius 2 is 1.94 bits per heavy atom. The van der Waals surface area contributed by atoms with E-state index in [2.05, 4.69) is 4.98 Å². The molecule has 0 aromatic carbocycles. The van der Waals surface area contributed by atoms with Gasteiger partial charge >= 0.3 is 5.69 Å². The summed E-state index contributed by atoms with van der Waals surface area (Å²) >= 11 is 0. The zero-order chi connectivity index (χ0) is 13.3. The van der Waals surface area contributed by atoms with Crippen molar-refractivity contribution in [3.05, 3.63) is 22.5 Å². The lowest BCUT2D eigenvalue weighted by Gasteiger charge is -2.21. The molecule has 0 N–H and O–H groups in total. The van der Waals surface area contributed by atoms with Gasteiger partial charge in [-0.15, -0.1) is 0 Å². The van der Waals surface area contributed by atoms with Crippen LogP contribution in [0.5, 0.6) is 11.5 Å². The predicted molar refractivity (Wildman–Crippen MR) is 64.9 cm³/mol. The van der Waals surface area contributed by atoms with Crippen LogP contribution in [0.15, 0.2) is 12.4 Å². The van der Waals surface area contributed by atoms with Crippen molar-refractivity contribution in [3.63, 3.8) is 0 Å². The molecule has 1 aliphatic carbocycles. The molecule has 0 spiro atoms. The topological polar surface area (TPSA) is 74.5 Å². The van der Waals surface area contributed by atoms with Gasteiger partial charge in [-0.3, -0.25) is 15.1 Å². The Morgan fingerprint density at radius 1 is 1.33 bits per heavy atom. The van der Waals surface area contributed by atoms with Gasteiger partial charge in [-0.2, -0.15) is 0 Å². The molecule has 0 atom stereocenters. The fourth-order valence-corrected chi connectivity index (χ4v) is 1.45. The summed E-state index contributed by atoms with van der Waals surface area (Å²) in [5.41, 5.74) is -0.670. The monoisotopic (exact) mass is 252 g/mol. The average Bonchev–Trinajstić information content (AvgIpc) is 2.98. The highest BCUT2D eigenvalue weighted by atomic mass is 16.6. The van der Waals surface area contributed by atoms with Gasteiger partial charge in [0.1, 0.15) is 5.60 Å². The molecule has 98 valence electrons. The summed E-state index contributed by atoms with van der Waals surface area (Å²) < 4.78 is 11.0. The molecule has 6 nitrogen and oxygen atoms in total. The van der Waals surface area contributed by atoms with Crippen LogP contribution >= 0.6 is 0 Å². The van der Waals surface area contributed by atoms with E-state index < -0.39 is 10.5 Å². The van der Waals surface area contributed by atoms with Crippen LogP contribution in [-0.4, -0.2) is 21.6 Å². The number of aromatic nitrogens is 1. The van der Waals surface area contributed by atoms with E-state index in [0.29, 0.717) is 0 Å². The highest BCUT2D eigenvalue weighted by molar-refractivity contribution is 5.55. The molecule has 18 heavy (non-hydrogen) atoms. The van der Waals surface area contributed by atoms with E-state index in [0.717, 1.165) is 12.8 Å². The van der Waals surface area contributed by atoms with Gasteiger partial charge in [-0.1, -0.05) is 0 Å². The fourth-order valence-electron chi connectivity index (χ4n) is 1.45. The highest BCUT2D eigenvalue weighted by Crippen LogP contribution is 2.39. The quantitative estimate of drug-likeness (QED) is 0.608. The van der Waals surface area contributed by atoms with Crippen LogP contribution in [0.4, 0.5) is 5.69 Å². The first-order valence-corrected chi connectivity index (χ1v) is 5.85. The molecule has 1 aromatic rings. The Labute approximate surface area is 105 Å². The lowest BCUT2D eigenvalue weighted by molar-refractivity contribution is -0.387. The summed E-state index contributed by atoms with van der Waals surface area (Å²) in [6, 6.07) is 0. The number of ether oxygens (including phenoxy) is 2. The van der Waals surface area contributed by atoms with Gasteiger partial charge in [0.05, 0.1) is 23.4 Å². The maximum atomic E-state index is 11.1. The van der Waals surface area contributed by atoms with Gasteiger partial charge in [0, 0.05) is 0 Å². The van der Waals surface area contributed by atoms with Crippen molar-refractivity contribution >= 4 is 5.69 Å². The summed E-state index contributed by atoms with van der Waals surface area (Å²) in [7, 11) is 0. The van der Waals surface area contributed by atoms with Gasteiger partial charge in [0.15, 0.2) is 0 Å². The van der Waals surface area contributed by atoms with Gasteiger partial charge in [-0.25, -0.2) is 0 Å². The Balaban J connectivity index is 2.35. The number of hydrogen-bond acceptors (Lipinski definition) is 5. The minimum Gasteiger partial charge on any atom is -0.482 e. The van der Waals surface area contributed by atoms with Crippen LogP contribution in [-0.2, 0) is 0 Å².